The molecule has 9 nitrogen and oxygen atoms in total. The summed E-state index contributed by atoms with van der Waals surface area (Å²) in [5, 5.41) is 11.5. The summed E-state index contributed by atoms with van der Waals surface area (Å²) in [6.45, 7) is 10.7. The zero-order chi connectivity index (χ0) is 27.5. The molecule has 0 saturated carbocycles. The van der Waals surface area contributed by atoms with Gasteiger partial charge in [0, 0.05) is 17.5 Å². The number of rotatable bonds is 6. The minimum absolute atomic E-state index is 0.0125. The minimum atomic E-state index is -0.815. The normalized spacial score (nSPS) is 11.7. The number of hydrogen-bond donors (Lipinski definition) is 3. The van der Waals surface area contributed by atoms with Crippen molar-refractivity contribution in [3.05, 3.63) is 70.9 Å². The number of benzene rings is 2. The number of nitrogens with zero attached hydrogens (tertiary/aromatic N) is 1. The quantitative estimate of drug-likeness (QED) is 0.253. The fourth-order valence-corrected chi connectivity index (χ4v) is 3.79. The molecule has 3 rings (SSSR count). The number of nitrogens with one attached hydrogen (secondary N) is 2. The smallest absolute Gasteiger partial charge is 0.419 e. The molecule has 0 spiro atoms. The first-order chi connectivity index (χ1) is 17.2. The van der Waals surface area contributed by atoms with Crippen molar-refractivity contribution in [2.45, 2.75) is 59.2 Å². The van der Waals surface area contributed by atoms with Gasteiger partial charge in [0.05, 0.1) is 11.1 Å². The van der Waals surface area contributed by atoms with Crippen LogP contribution in [0.4, 0.5) is 4.79 Å². The lowest BCUT2D eigenvalue weighted by molar-refractivity contribution is 0.00714. The van der Waals surface area contributed by atoms with Crippen LogP contribution in [-0.4, -0.2) is 46.1 Å². The van der Waals surface area contributed by atoms with E-state index in [1.807, 2.05) is 6.07 Å². The molecule has 3 aromatic rings. The number of amides is 1. The second kappa shape index (κ2) is 10.5. The van der Waals surface area contributed by atoms with Crippen LogP contribution >= 0.6 is 0 Å². The zero-order valence-corrected chi connectivity index (χ0v) is 22.1. The monoisotopic (exact) mass is 506 g/mol. The van der Waals surface area contributed by atoms with Gasteiger partial charge in [-0.05, 0) is 77.8 Å². The first-order valence-corrected chi connectivity index (χ1v) is 12.0. The zero-order valence-electron chi connectivity index (χ0n) is 22.1. The lowest BCUT2D eigenvalue weighted by Gasteiger charge is -2.21. The van der Waals surface area contributed by atoms with Gasteiger partial charge in [-0.2, -0.15) is 0 Å². The van der Waals surface area contributed by atoms with Gasteiger partial charge in [0.2, 0.25) is 0 Å². The molecule has 0 fully saturated rings. The van der Waals surface area contributed by atoms with Crippen molar-refractivity contribution >= 4 is 34.7 Å². The number of ether oxygens (including phenoxy) is 2. The fourth-order valence-electron chi connectivity index (χ4n) is 3.79. The summed E-state index contributed by atoms with van der Waals surface area (Å²) in [7, 11) is 0. The van der Waals surface area contributed by atoms with Gasteiger partial charge in [-0.15, -0.1) is 0 Å². The molecule has 0 bridgehead atoms. The van der Waals surface area contributed by atoms with Crippen LogP contribution in [0.15, 0.2) is 48.5 Å². The Balaban J connectivity index is 2.04. The van der Waals surface area contributed by atoms with Crippen LogP contribution in [0.1, 0.15) is 73.5 Å². The van der Waals surface area contributed by atoms with Crippen molar-refractivity contribution in [2.75, 3.05) is 6.54 Å². The third kappa shape index (κ3) is 6.75. The van der Waals surface area contributed by atoms with Crippen molar-refractivity contribution in [3.63, 3.8) is 0 Å². The highest BCUT2D eigenvalue weighted by molar-refractivity contribution is 6.17. The third-order valence-electron chi connectivity index (χ3n) is 5.20. The van der Waals surface area contributed by atoms with Gasteiger partial charge in [0.15, 0.2) is 0 Å². The minimum Gasteiger partial charge on any atom is -0.456 e. The van der Waals surface area contributed by atoms with Gasteiger partial charge in [-0.1, -0.05) is 24.3 Å². The van der Waals surface area contributed by atoms with Gasteiger partial charge >= 0.3 is 12.1 Å². The molecule has 37 heavy (non-hydrogen) atoms. The predicted molar refractivity (Wildman–Crippen MR) is 142 cm³/mol. The second-order valence-electron chi connectivity index (χ2n) is 10.7. The van der Waals surface area contributed by atoms with Crippen molar-refractivity contribution < 1.29 is 23.9 Å². The molecule has 9 heteroatoms. The standard InChI is InChI=1S/C28H34N4O5/c1-27(2,3)36-25(34)21-19-16-17(14-15-31-24(33)18-10-8-7-9-11-18)12-13-20(19)32(22(21)23(29)30)26(35)37-28(4,5)6/h7-13,16H,14-15H2,1-6H3,(H3,29,30)(H,31,33). The Kier molecular flexibility index (Phi) is 7.76. The first kappa shape index (κ1) is 27.4. The highest BCUT2D eigenvalue weighted by Crippen LogP contribution is 2.30. The van der Waals surface area contributed by atoms with E-state index in [-0.39, 0.29) is 17.2 Å². The number of nitrogen functional groups attached to an aromatic ring is 1. The highest BCUT2D eigenvalue weighted by atomic mass is 16.6. The van der Waals surface area contributed by atoms with E-state index in [0.29, 0.717) is 29.4 Å². The predicted octanol–water partition coefficient (Wildman–Crippen LogP) is 4.64. The van der Waals surface area contributed by atoms with Crippen molar-refractivity contribution in [1.82, 2.24) is 9.88 Å². The maximum atomic E-state index is 13.3. The van der Waals surface area contributed by atoms with Gasteiger partial charge < -0.3 is 20.5 Å². The summed E-state index contributed by atoms with van der Waals surface area (Å²) in [5.41, 5.74) is 5.91. The number of fused-ring (bicyclic) bond motifs is 1. The lowest BCUT2D eigenvalue weighted by Crippen LogP contribution is -2.31. The molecule has 0 aliphatic carbocycles. The van der Waals surface area contributed by atoms with E-state index in [1.54, 1.807) is 84.0 Å². The Morgan fingerprint density at radius 3 is 2.14 bits per heavy atom. The molecule has 2 aromatic carbocycles. The van der Waals surface area contributed by atoms with E-state index in [2.05, 4.69) is 5.32 Å². The molecular formula is C28H34N4O5. The topological polar surface area (TPSA) is 136 Å². The van der Waals surface area contributed by atoms with Crippen LogP contribution in [0.5, 0.6) is 0 Å². The summed E-state index contributed by atoms with van der Waals surface area (Å²) < 4.78 is 12.3. The van der Waals surface area contributed by atoms with E-state index < -0.39 is 29.1 Å². The summed E-state index contributed by atoms with van der Waals surface area (Å²) >= 11 is 0. The molecule has 0 atom stereocenters. The van der Waals surface area contributed by atoms with Crippen LogP contribution in [-0.2, 0) is 15.9 Å². The number of nitrogens with two attached hydrogens (primary N) is 1. The maximum absolute atomic E-state index is 13.3. The number of hydrogen-bond acceptors (Lipinski definition) is 6. The largest absolute Gasteiger partial charge is 0.456 e. The Hall–Kier alpha value is -4.14. The van der Waals surface area contributed by atoms with Gasteiger partial charge in [-0.25, -0.2) is 14.2 Å². The van der Waals surface area contributed by atoms with E-state index in [9.17, 15) is 14.4 Å². The van der Waals surface area contributed by atoms with Gasteiger partial charge in [0.25, 0.3) is 5.91 Å². The van der Waals surface area contributed by atoms with Crippen LogP contribution in [0.2, 0.25) is 0 Å². The number of carbonyl (C=O) groups is 3. The Bertz CT molecular complexity index is 1340. The molecule has 1 heterocycles. The Morgan fingerprint density at radius 1 is 0.946 bits per heavy atom. The third-order valence-corrected chi connectivity index (χ3v) is 5.20. The van der Waals surface area contributed by atoms with E-state index in [0.717, 1.165) is 10.1 Å². The number of aromatic nitrogens is 1. The van der Waals surface area contributed by atoms with Crippen molar-refractivity contribution in [3.8, 4) is 0 Å². The molecule has 1 amide bonds. The second-order valence-corrected chi connectivity index (χ2v) is 10.7. The van der Waals surface area contributed by atoms with Crippen molar-refractivity contribution in [1.29, 1.82) is 5.41 Å². The molecule has 0 aliphatic heterocycles. The molecule has 0 unspecified atom stereocenters. The SMILES string of the molecule is CC(C)(C)OC(=O)c1c(C(=N)N)n(C(=O)OC(C)(C)C)c2ccc(CCNC(=O)c3ccccc3)cc12. The maximum Gasteiger partial charge on any atom is 0.419 e. The van der Waals surface area contributed by atoms with E-state index in [1.165, 1.54) is 0 Å². The summed E-state index contributed by atoms with van der Waals surface area (Å²) in [6.07, 6.45) is -0.296. The molecule has 0 radical (unpaired) electrons. The van der Waals surface area contributed by atoms with Gasteiger partial charge in [0.1, 0.15) is 22.7 Å². The molecule has 1 aromatic heterocycles. The summed E-state index contributed by atoms with van der Waals surface area (Å²) in [5.74, 6) is -1.37. The number of esters is 1. The Morgan fingerprint density at radius 2 is 1.57 bits per heavy atom. The molecular weight excluding hydrogens is 472 g/mol. The number of amidine groups is 1. The van der Waals surface area contributed by atoms with Crippen LogP contribution < -0.4 is 11.1 Å². The molecule has 4 N–H and O–H groups in total. The van der Waals surface area contributed by atoms with E-state index >= 15 is 0 Å². The average Bonchev–Trinajstić information content (AvgIpc) is 3.12. The van der Waals surface area contributed by atoms with Crippen molar-refractivity contribution in [2.24, 2.45) is 5.73 Å². The van der Waals surface area contributed by atoms with Crippen LogP contribution in [0.3, 0.4) is 0 Å². The van der Waals surface area contributed by atoms with E-state index in [4.69, 9.17) is 20.6 Å². The fraction of sp³-hybridized carbons (Fsp3) is 0.357. The molecule has 0 saturated heterocycles. The molecule has 0 aliphatic rings. The van der Waals surface area contributed by atoms with Crippen LogP contribution in [0, 0.1) is 5.41 Å². The highest BCUT2D eigenvalue weighted by Gasteiger charge is 2.32. The summed E-state index contributed by atoms with van der Waals surface area (Å²) in [6, 6.07) is 14.1. The summed E-state index contributed by atoms with van der Waals surface area (Å²) in [4.78, 5) is 38.8. The Labute approximate surface area is 216 Å². The average molecular weight is 507 g/mol. The molecule has 196 valence electrons. The first-order valence-electron chi connectivity index (χ1n) is 12.0. The van der Waals surface area contributed by atoms with Crippen LogP contribution in [0.25, 0.3) is 10.9 Å². The van der Waals surface area contributed by atoms with Gasteiger partial charge in [-0.3, -0.25) is 10.2 Å². The lowest BCUT2D eigenvalue weighted by atomic mass is 10.0. The number of carbonyl (C=O) groups excluding carboxylic acids is 3.